The molecule has 0 saturated heterocycles. The zero-order chi connectivity index (χ0) is 16.2. The first-order valence-electron chi connectivity index (χ1n) is 6.77. The summed E-state index contributed by atoms with van der Waals surface area (Å²) in [4.78, 5) is 0.133. The number of aliphatic hydroxyl groups is 1. The molecule has 0 atom stereocenters. The van der Waals surface area contributed by atoms with Crippen molar-refractivity contribution < 1.29 is 18.3 Å². The van der Waals surface area contributed by atoms with Gasteiger partial charge >= 0.3 is 0 Å². The van der Waals surface area contributed by atoms with Gasteiger partial charge < -0.3 is 9.84 Å². The van der Waals surface area contributed by atoms with Crippen molar-refractivity contribution in [2.75, 3.05) is 14.2 Å². The maximum atomic E-state index is 12.6. The second-order valence-corrected chi connectivity index (χ2v) is 6.89. The van der Waals surface area contributed by atoms with Crippen LogP contribution in [0.15, 0.2) is 53.4 Å². The highest BCUT2D eigenvalue weighted by Gasteiger charge is 2.23. The van der Waals surface area contributed by atoms with Crippen LogP contribution in [-0.4, -0.2) is 32.0 Å². The normalized spacial score (nSPS) is 11.6. The number of hydrogen-bond donors (Lipinski definition) is 1. The Hall–Kier alpha value is -1.89. The Labute approximate surface area is 130 Å². The minimum absolute atomic E-state index is 0.133. The van der Waals surface area contributed by atoms with Crippen LogP contribution >= 0.6 is 0 Å². The van der Waals surface area contributed by atoms with Crippen molar-refractivity contribution in [3.8, 4) is 5.75 Å². The van der Waals surface area contributed by atoms with Crippen molar-refractivity contribution in [3.63, 3.8) is 0 Å². The molecule has 0 aromatic heterocycles. The second-order valence-electron chi connectivity index (χ2n) is 4.87. The number of rotatable bonds is 6. The van der Waals surface area contributed by atoms with E-state index in [-0.39, 0.29) is 18.0 Å². The lowest BCUT2D eigenvalue weighted by Gasteiger charge is -2.19. The summed E-state index contributed by atoms with van der Waals surface area (Å²) in [6.45, 7) is -0.0716. The molecule has 6 heteroatoms. The van der Waals surface area contributed by atoms with Gasteiger partial charge in [0, 0.05) is 13.6 Å². The third-order valence-corrected chi connectivity index (χ3v) is 5.30. The second kappa shape index (κ2) is 6.91. The number of methoxy groups -OCH3 is 1. The average molecular weight is 321 g/mol. The van der Waals surface area contributed by atoms with Gasteiger partial charge in [-0.1, -0.05) is 30.3 Å². The van der Waals surface area contributed by atoms with Crippen LogP contribution in [0.2, 0.25) is 0 Å². The molecular formula is C16H19NO4S. The van der Waals surface area contributed by atoms with Crippen molar-refractivity contribution in [2.24, 2.45) is 0 Å². The topological polar surface area (TPSA) is 66.8 Å². The Balaban J connectivity index is 2.24. The lowest BCUT2D eigenvalue weighted by atomic mass is 10.2. The minimum Gasteiger partial charge on any atom is -0.497 e. The van der Waals surface area contributed by atoms with Crippen LogP contribution in [0, 0.1) is 0 Å². The van der Waals surface area contributed by atoms with E-state index in [0.29, 0.717) is 5.56 Å². The molecule has 2 aromatic rings. The molecule has 0 saturated carbocycles. The monoisotopic (exact) mass is 321 g/mol. The van der Waals surface area contributed by atoms with Crippen LogP contribution in [0.4, 0.5) is 0 Å². The Morgan fingerprint density at radius 3 is 2.32 bits per heavy atom. The number of benzene rings is 2. The van der Waals surface area contributed by atoms with Gasteiger partial charge in [-0.2, -0.15) is 4.31 Å². The predicted molar refractivity (Wildman–Crippen MR) is 84.0 cm³/mol. The van der Waals surface area contributed by atoms with Crippen molar-refractivity contribution in [3.05, 3.63) is 59.7 Å². The number of nitrogens with zero attached hydrogens (tertiary/aromatic N) is 1. The third-order valence-electron chi connectivity index (χ3n) is 3.40. The summed E-state index contributed by atoms with van der Waals surface area (Å²) in [7, 11) is -0.551. The molecule has 0 unspecified atom stereocenters. The van der Waals surface area contributed by atoms with Crippen molar-refractivity contribution >= 4 is 10.0 Å². The molecule has 0 spiro atoms. The fourth-order valence-corrected chi connectivity index (χ4v) is 3.50. The standard InChI is InChI=1S/C16H19NO4S/c1-17(11-13-7-9-15(21-2)10-8-13)22(19,20)16-6-4-3-5-14(16)12-18/h3-10,18H,11-12H2,1-2H3. The van der Waals surface area contributed by atoms with E-state index in [1.165, 1.54) is 17.4 Å². The molecule has 0 amide bonds. The van der Waals surface area contributed by atoms with E-state index in [2.05, 4.69) is 0 Å². The van der Waals surface area contributed by atoms with Crippen LogP contribution in [-0.2, 0) is 23.2 Å². The van der Waals surface area contributed by atoms with E-state index in [4.69, 9.17) is 4.74 Å². The van der Waals surface area contributed by atoms with Crippen molar-refractivity contribution in [1.29, 1.82) is 0 Å². The molecule has 0 fully saturated rings. The van der Waals surface area contributed by atoms with Gasteiger partial charge in [-0.25, -0.2) is 8.42 Å². The number of aliphatic hydroxyl groups excluding tert-OH is 1. The summed E-state index contributed by atoms with van der Waals surface area (Å²) in [6.07, 6.45) is 0. The first-order valence-corrected chi connectivity index (χ1v) is 8.21. The fourth-order valence-electron chi connectivity index (χ4n) is 2.13. The lowest BCUT2D eigenvalue weighted by molar-refractivity contribution is 0.278. The van der Waals surface area contributed by atoms with E-state index in [1.807, 2.05) is 12.1 Å². The summed E-state index contributed by atoms with van der Waals surface area (Å²) >= 11 is 0. The summed E-state index contributed by atoms with van der Waals surface area (Å²) < 4.78 is 31.6. The summed E-state index contributed by atoms with van der Waals surface area (Å²) in [5.41, 5.74) is 1.25. The zero-order valence-electron chi connectivity index (χ0n) is 12.6. The largest absolute Gasteiger partial charge is 0.497 e. The molecule has 5 nitrogen and oxygen atoms in total. The highest BCUT2D eigenvalue weighted by Crippen LogP contribution is 2.21. The SMILES string of the molecule is COc1ccc(CN(C)S(=O)(=O)c2ccccc2CO)cc1. The van der Waals surface area contributed by atoms with Gasteiger partial charge in [-0.05, 0) is 29.3 Å². The van der Waals surface area contributed by atoms with Crippen molar-refractivity contribution in [2.45, 2.75) is 18.0 Å². The smallest absolute Gasteiger partial charge is 0.243 e. The maximum Gasteiger partial charge on any atom is 0.243 e. The van der Waals surface area contributed by atoms with Crippen LogP contribution in [0.25, 0.3) is 0 Å². The minimum atomic E-state index is -3.65. The van der Waals surface area contributed by atoms with Crippen LogP contribution in [0.5, 0.6) is 5.75 Å². The Morgan fingerprint density at radius 2 is 1.73 bits per heavy atom. The Kier molecular flexibility index (Phi) is 5.18. The Morgan fingerprint density at radius 1 is 1.09 bits per heavy atom. The van der Waals surface area contributed by atoms with Gasteiger partial charge in [-0.15, -0.1) is 0 Å². The van der Waals surface area contributed by atoms with Crippen LogP contribution in [0.1, 0.15) is 11.1 Å². The average Bonchev–Trinajstić information content (AvgIpc) is 2.55. The van der Waals surface area contributed by atoms with Gasteiger partial charge in [0.2, 0.25) is 10.0 Å². The molecule has 0 radical (unpaired) electrons. The molecule has 0 bridgehead atoms. The molecule has 0 aliphatic carbocycles. The molecule has 0 heterocycles. The van der Waals surface area contributed by atoms with Gasteiger partial charge in [0.1, 0.15) is 5.75 Å². The highest BCUT2D eigenvalue weighted by atomic mass is 32.2. The summed E-state index contributed by atoms with van der Waals surface area (Å²) in [6, 6.07) is 13.7. The quantitative estimate of drug-likeness (QED) is 0.884. The van der Waals surface area contributed by atoms with Gasteiger partial charge in [-0.3, -0.25) is 0 Å². The van der Waals surface area contributed by atoms with Crippen LogP contribution in [0.3, 0.4) is 0 Å². The molecule has 2 rings (SSSR count). The van der Waals surface area contributed by atoms with Gasteiger partial charge in [0.15, 0.2) is 0 Å². The van der Waals surface area contributed by atoms with E-state index < -0.39 is 10.0 Å². The molecule has 22 heavy (non-hydrogen) atoms. The van der Waals surface area contributed by atoms with E-state index >= 15 is 0 Å². The van der Waals surface area contributed by atoms with E-state index in [1.54, 1.807) is 37.4 Å². The zero-order valence-corrected chi connectivity index (χ0v) is 13.4. The molecular weight excluding hydrogens is 302 g/mol. The first-order chi connectivity index (χ1) is 10.5. The Bertz CT molecular complexity index is 726. The van der Waals surface area contributed by atoms with Gasteiger partial charge in [0.05, 0.1) is 18.6 Å². The van der Waals surface area contributed by atoms with E-state index in [0.717, 1.165) is 11.3 Å². The molecule has 0 aliphatic rings. The van der Waals surface area contributed by atoms with Crippen molar-refractivity contribution in [1.82, 2.24) is 4.31 Å². The number of sulfonamides is 1. The molecule has 2 aromatic carbocycles. The molecule has 118 valence electrons. The number of hydrogen-bond acceptors (Lipinski definition) is 4. The third kappa shape index (κ3) is 3.47. The maximum absolute atomic E-state index is 12.6. The number of ether oxygens (including phenoxy) is 1. The summed E-state index contributed by atoms with van der Waals surface area (Å²) in [5.74, 6) is 0.722. The molecule has 0 aliphatic heterocycles. The summed E-state index contributed by atoms with van der Waals surface area (Å²) in [5, 5.41) is 9.31. The molecule has 1 N–H and O–H groups in total. The fraction of sp³-hybridized carbons (Fsp3) is 0.250. The van der Waals surface area contributed by atoms with E-state index in [9.17, 15) is 13.5 Å². The lowest BCUT2D eigenvalue weighted by Crippen LogP contribution is -2.27. The highest BCUT2D eigenvalue weighted by molar-refractivity contribution is 7.89. The first kappa shape index (κ1) is 16.5. The van der Waals surface area contributed by atoms with Crippen LogP contribution < -0.4 is 4.74 Å². The van der Waals surface area contributed by atoms with Gasteiger partial charge in [0.25, 0.3) is 0 Å². The predicted octanol–water partition coefficient (Wildman–Crippen LogP) is 2.01.